The molecule has 9 heteroatoms. The fourth-order valence-corrected chi connectivity index (χ4v) is 4.00. The van der Waals surface area contributed by atoms with E-state index in [1.165, 1.54) is 6.08 Å². The average molecular weight is 461 g/mol. The van der Waals surface area contributed by atoms with Gasteiger partial charge in [-0.3, -0.25) is 14.9 Å². The molecule has 7 nitrogen and oxygen atoms in total. The van der Waals surface area contributed by atoms with Crippen LogP contribution in [0.2, 0.25) is 10.0 Å². The summed E-state index contributed by atoms with van der Waals surface area (Å²) < 4.78 is 0. The Morgan fingerprint density at radius 3 is 2.48 bits per heavy atom. The first kappa shape index (κ1) is 21.5. The van der Waals surface area contributed by atoms with Crippen molar-refractivity contribution in [2.24, 2.45) is 0 Å². The molecule has 162 valence electrons. The summed E-state index contributed by atoms with van der Waals surface area (Å²) in [6.45, 7) is 2.45. The Morgan fingerprint density at radius 2 is 1.84 bits per heavy atom. The van der Waals surface area contributed by atoms with Gasteiger partial charge >= 0.3 is 0 Å². The molecule has 0 radical (unpaired) electrons. The molecule has 2 fully saturated rings. The van der Waals surface area contributed by atoms with Gasteiger partial charge in [0.1, 0.15) is 5.69 Å². The van der Waals surface area contributed by atoms with Gasteiger partial charge in [0.25, 0.3) is 5.69 Å². The van der Waals surface area contributed by atoms with E-state index in [-0.39, 0.29) is 16.5 Å². The Kier molecular flexibility index (Phi) is 6.34. The van der Waals surface area contributed by atoms with Crippen LogP contribution in [-0.2, 0) is 4.79 Å². The second-order valence-corrected chi connectivity index (χ2v) is 8.53. The molecule has 1 amide bonds. The van der Waals surface area contributed by atoms with Crippen molar-refractivity contribution in [1.29, 1.82) is 0 Å². The summed E-state index contributed by atoms with van der Waals surface area (Å²) in [7, 11) is 0. The van der Waals surface area contributed by atoms with Gasteiger partial charge in [-0.05, 0) is 48.7 Å². The van der Waals surface area contributed by atoms with E-state index in [1.807, 2.05) is 6.07 Å². The van der Waals surface area contributed by atoms with Gasteiger partial charge in [-0.1, -0.05) is 29.3 Å². The van der Waals surface area contributed by atoms with Crippen molar-refractivity contribution in [3.05, 3.63) is 68.2 Å². The van der Waals surface area contributed by atoms with E-state index in [9.17, 15) is 14.9 Å². The summed E-state index contributed by atoms with van der Waals surface area (Å²) >= 11 is 12.1. The summed E-state index contributed by atoms with van der Waals surface area (Å²) in [6.07, 6.45) is 5.29. The van der Waals surface area contributed by atoms with E-state index in [2.05, 4.69) is 10.2 Å². The van der Waals surface area contributed by atoms with Crippen molar-refractivity contribution in [2.45, 2.75) is 18.9 Å². The van der Waals surface area contributed by atoms with Crippen LogP contribution in [0.1, 0.15) is 18.4 Å². The van der Waals surface area contributed by atoms with Crippen molar-refractivity contribution >= 4 is 52.2 Å². The highest BCUT2D eigenvalue weighted by atomic mass is 35.5. The smallest absolute Gasteiger partial charge is 0.292 e. The summed E-state index contributed by atoms with van der Waals surface area (Å²) in [5, 5.41) is 15.6. The summed E-state index contributed by atoms with van der Waals surface area (Å²) in [4.78, 5) is 27.4. The maximum Gasteiger partial charge on any atom is 0.292 e. The van der Waals surface area contributed by atoms with Crippen LogP contribution in [-0.4, -0.2) is 48.0 Å². The van der Waals surface area contributed by atoms with Crippen LogP contribution in [0.15, 0.2) is 42.5 Å². The largest absolute Gasteiger partial charge is 0.377 e. The Morgan fingerprint density at radius 1 is 1.10 bits per heavy atom. The van der Waals surface area contributed by atoms with E-state index < -0.39 is 0 Å². The number of nitrogens with zero attached hydrogens (tertiary/aromatic N) is 3. The normalized spacial score (nSPS) is 16.6. The molecule has 0 atom stereocenters. The van der Waals surface area contributed by atoms with Crippen molar-refractivity contribution in [1.82, 2.24) is 4.90 Å². The molecule has 1 saturated carbocycles. The molecular formula is C22H22Cl2N4O3. The lowest BCUT2D eigenvalue weighted by molar-refractivity contribution is -0.384. The highest BCUT2D eigenvalue weighted by Gasteiger charge is 2.26. The SMILES string of the molecule is O=C(/C=C/c1ccc(Cl)cc1Cl)N1CCN(c2ccc([N+](=O)[O-])c(NC3CC3)c2)CC1. The van der Waals surface area contributed by atoms with Gasteiger partial charge in [-0.25, -0.2) is 0 Å². The monoisotopic (exact) mass is 460 g/mol. The lowest BCUT2D eigenvalue weighted by atomic mass is 10.2. The van der Waals surface area contributed by atoms with Gasteiger partial charge in [0, 0.05) is 60.1 Å². The molecule has 2 aromatic rings. The molecule has 1 N–H and O–H groups in total. The van der Waals surface area contributed by atoms with Crippen LogP contribution >= 0.6 is 23.2 Å². The van der Waals surface area contributed by atoms with Crippen LogP contribution in [0.3, 0.4) is 0 Å². The molecule has 0 spiro atoms. The molecule has 2 aromatic carbocycles. The molecule has 0 unspecified atom stereocenters. The first-order valence-corrected chi connectivity index (χ1v) is 10.9. The Labute approximate surface area is 190 Å². The van der Waals surface area contributed by atoms with Crippen LogP contribution in [0.5, 0.6) is 0 Å². The van der Waals surface area contributed by atoms with E-state index in [0.29, 0.717) is 48.0 Å². The zero-order chi connectivity index (χ0) is 22.0. The third kappa shape index (κ3) is 5.29. The molecule has 1 aliphatic carbocycles. The lowest BCUT2D eigenvalue weighted by Gasteiger charge is -2.35. The first-order valence-electron chi connectivity index (χ1n) is 10.1. The van der Waals surface area contributed by atoms with Crippen LogP contribution < -0.4 is 10.2 Å². The van der Waals surface area contributed by atoms with E-state index in [1.54, 1.807) is 41.3 Å². The fourth-order valence-electron chi connectivity index (χ4n) is 3.53. The highest BCUT2D eigenvalue weighted by Crippen LogP contribution is 2.34. The van der Waals surface area contributed by atoms with Gasteiger partial charge in [0.15, 0.2) is 0 Å². The van der Waals surface area contributed by atoms with Gasteiger partial charge in [-0.2, -0.15) is 0 Å². The zero-order valence-electron chi connectivity index (χ0n) is 16.8. The van der Waals surface area contributed by atoms with Gasteiger partial charge < -0.3 is 15.1 Å². The quantitative estimate of drug-likeness (QED) is 0.379. The number of nitro groups is 1. The molecule has 1 saturated heterocycles. The second kappa shape index (κ2) is 9.16. The average Bonchev–Trinajstić information content (AvgIpc) is 3.57. The van der Waals surface area contributed by atoms with Crippen LogP contribution in [0, 0.1) is 10.1 Å². The van der Waals surface area contributed by atoms with Crippen LogP contribution in [0.4, 0.5) is 17.1 Å². The number of amides is 1. The molecule has 0 bridgehead atoms. The van der Waals surface area contributed by atoms with E-state index in [4.69, 9.17) is 23.2 Å². The number of nitro benzene ring substituents is 1. The number of benzene rings is 2. The second-order valence-electron chi connectivity index (χ2n) is 7.69. The zero-order valence-corrected chi connectivity index (χ0v) is 18.3. The van der Waals surface area contributed by atoms with Crippen molar-refractivity contribution < 1.29 is 9.72 Å². The van der Waals surface area contributed by atoms with E-state index >= 15 is 0 Å². The van der Waals surface area contributed by atoms with Gasteiger partial charge in [0.2, 0.25) is 5.91 Å². The van der Waals surface area contributed by atoms with Crippen molar-refractivity contribution in [3.8, 4) is 0 Å². The number of rotatable bonds is 6. The Bertz CT molecular complexity index is 1030. The topological polar surface area (TPSA) is 78.7 Å². The minimum atomic E-state index is -0.357. The fraction of sp³-hybridized carbons (Fsp3) is 0.318. The standard InChI is InChI=1S/C22H22Cl2N4O3/c23-16-3-1-15(19(24)13-16)2-8-22(29)27-11-9-26(10-12-27)18-6-7-21(28(30)31)20(14-18)25-17-4-5-17/h1-3,6-8,13-14,17,25H,4-5,9-12H2/b8-2+. The van der Waals surface area contributed by atoms with E-state index in [0.717, 1.165) is 24.1 Å². The number of hydrogen-bond acceptors (Lipinski definition) is 5. The maximum atomic E-state index is 12.6. The minimum Gasteiger partial charge on any atom is -0.377 e. The molecule has 4 rings (SSSR count). The van der Waals surface area contributed by atoms with Crippen molar-refractivity contribution in [3.63, 3.8) is 0 Å². The number of carbonyl (C=O) groups excluding carboxylic acids is 1. The molecule has 1 heterocycles. The highest BCUT2D eigenvalue weighted by molar-refractivity contribution is 6.35. The molecule has 0 aromatic heterocycles. The number of anilines is 2. The molecular weight excluding hydrogens is 439 g/mol. The minimum absolute atomic E-state index is 0.0783. The predicted octanol–water partition coefficient (Wildman–Crippen LogP) is 4.84. The van der Waals surface area contributed by atoms with Crippen LogP contribution in [0.25, 0.3) is 6.08 Å². The number of nitrogens with one attached hydrogen (secondary N) is 1. The van der Waals surface area contributed by atoms with Gasteiger partial charge in [-0.15, -0.1) is 0 Å². The predicted molar refractivity (Wildman–Crippen MR) is 124 cm³/mol. The maximum absolute atomic E-state index is 12.6. The number of carbonyl (C=O) groups is 1. The third-order valence-electron chi connectivity index (χ3n) is 5.44. The lowest BCUT2D eigenvalue weighted by Crippen LogP contribution is -2.48. The number of piperazine rings is 1. The Hall–Kier alpha value is -2.77. The number of hydrogen-bond donors (Lipinski definition) is 1. The summed E-state index contributed by atoms with van der Waals surface area (Å²) in [5.74, 6) is -0.0783. The van der Waals surface area contributed by atoms with Crippen molar-refractivity contribution in [2.75, 3.05) is 36.4 Å². The van der Waals surface area contributed by atoms with Gasteiger partial charge in [0.05, 0.1) is 4.92 Å². The molecule has 31 heavy (non-hydrogen) atoms. The molecule has 1 aliphatic heterocycles. The number of halogens is 2. The summed E-state index contributed by atoms with van der Waals surface area (Å²) in [6, 6.07) is 10.6. The molecule has 2 aliphatic rings. The third-order valence-corrected chi connectivity index (χ3v) is 6.00. The summed E-state index contributed by atoms with van der Waals surface area (Å²) in [5.41, 5.74) is 2.31. The first-order chi connectivity index (χ1) is 14.9. The Balaban J connectivity index is 1.38.